The summed E-state index contributed by atoms with van der Waals surface area (Å²) in [5.74, 6) is 0. The standard InChI is InChI=1S/C20H14O/c1-3-6-15-13(2)9-11-17-19(15)20-16-8-5-4-7-14(16)10-12-18(20)21-17/h3-12H,1-2H2/b15-6+. The van der Waals surface area contributed by atoms with Gasteiger partial charge in [-0.2, -0.15) is 0 Å². The number of allylic oxidation sites excluding steroid dienone is 1. The van der Waals surface area contributed by atoms with Crippen LogP contribution in [-0.2, 0) is 0 Å². The lowest BCUT2D eigenvalue weighted by molar-refractivity contribution is 0.669. The Hall–Kier alpha value is -2.80. The smallest absolute Gasteiger partial charge is 0.136 e. The predicted molar refractivity (Wildman–Crippen MR) is 90.7 cm³/mol. The van der Waals surface area contributed by atoms with Crippen LogP contribution in [0.3, 0.4) is 0 Å². The van der Waals surface area contributed by atoms with Gasteiger partial charge in [-0.15, -0.1) is 0 Å². The van der Waals surface area contributed by atoms with Crippen LogP contribution in [0.5, 0.6) is 0 Å². The van der Waals surface area contributed by atoms with Crippen molar-refractivity contribution in [3.63, 3.8) is 0 Å². The molecule has 0 bridgehead atoms. The quantitative estimate of drug-likeness (QED) is 0.507. The van der Waals surface area contributed by atoms with Gasteiger partial charge in [0.25, 0.3) is 0 Å². The molecule has 4 rings (SSSR count). The third-order valence-electron chi connectivity index (χ3n) is 3.94. The van der Waals surface area contributed by atoms with Crippen LogP contribution in [0.2, 0.25) is 0 Å². The largest absolute Gasteiger partial charge is 0.456 e. The summed E-state index contributed by atoms with van der Waals surface area (Å²) in [4.78, 5) is 0. The highest BCUT2D eigenvalue weighted by Gasteiger charge is 2.11. The van der Waals surface area contributed by atoms with Gasteiger partial charge in [-0.3, -0.25) is 0 Å². The van der Waals surface area contributed by atoms with Gasteiger partial charge in [-0.25, -0.2) is 0 Å². The van der Waals surface area contributed by atoms with Gasteiger partial charge in [-0.05, 0) is 33.3 Å². The number of hydrogen-bond acceptors (Lipinski definition) is 1. The summed E-state index contributed by atoms with van der Waals surface area (Å²) in [7, 11) is 0. The van der Waals surface area contributed by atoms with Crippen molar-refractivity contribution in [1.29, 1.82) is 0 Å². The van der Waals surface area contributed by atoms with Crippen molar-refractivity contribution in [3.05, 3.63) is 71.6 Å². The van der Waals surface area contributed by atoms with Crippen molar-refractivity contribution < 1.29 is 4.42 Å². The maximum Gasteiger partial charge on any atom is 0.136 e. The second-order valence-electron chi connectivity index (χ2n) is 5.18. The van der Waals surface area contributed by atoms with E-state index in [4.69, 9.17) is 4.42 Å². The first-order valence-electron chi connectivity index (χ1n) is 6.94. The van der Waals surface area contributed by atoms with E-state index in [2.05, 4.69) is 43.5 Å². The topological polar surface area (TPSA) is 13.1 Å². The highest BCUT2D eigenvalue weighted by molar-refractivity contribution is 6.18. The fraction of sp³-hybridized carbons (Fsp3) is 0. The molecule has 0 aliphatic rings. The number of rotatable bonds is 1. The second kappa shape index (κ2) is 4.35. The number of furan rings is 1. The zero-order chi connectivity index (χ0) is 14.4. The molecule has 21 heavy (non-hydrogen) atoms. The van der Waals surface area contributed by atoms with Crippen LogP contribution in [0, 0.1) is 0 Å². The van der Waals surface area contributed by atoms with Gasteiger partial charge >= 0.3 is 0 Å². The molecule has 0 aliphatic heterocycles. The first-order valence-corrected chi connectivity index (χ1v) is 6.94. The second-order valence-corrected chi connectivity index (χ2v) is 5.18. The summed E-state index contributed by atoms with van der Waals surface area (Å²) in [6.07, 6.45) is 3.80. The third kappa shape index (κ3) is 1.64. The fourth-order valence-electron chi connectivity index (χ4n) is 3.01. The fourth-order valence-corrected chi connectivity index (χ4v) is 3.01. The van der Waals surface area contributed by atoms with E-state index in [1.54, 1.807) is 6.08 Å². The average Bonchev–Trinajstić information content (AvgIpc) is 2.89. The molecule has 0 N–H and O–H groups in total. The van der Waals surface area contributed by atoms with E-state index in [1.807, 2.05) is 24.3 Å². The molecule has 100 valence electrons. The average molecular weight is 270 g/mol. The van der Waals surface area contributed by atoms with Gasteiger partial charge in [0.1, 0.15) is 11.2 Å². The zero-order valence-electron chi connectivity index (χ0n) is 11.6. The summed E-state index contributed by atoms with van der Waals surface area (Å²) in [6, 6.07) is 16.5. The van der Waals surface area contributed by atoms with Gasteiger partial charge in [0.2, 0.25) is 0 Å². The molecule has 0 saturated carbocycles. The van der Waals surface area contributed by atoms with Crippen molar-refractivity contribution in [3.8, 4) is 0 Å². The lowest BCUT2D eigenvalue weighted by Crippen LogP contribution is -2.22. The Balaban J connectivity index is 2.43. The van der Waals surface area contributed by atoms with Crippen LogP contribution in [0.1, 0.15) is 0 Å². The lowest BCUT2D eigenvalue weighted by atomic mass is 10.0. The van der Waals surface area contributed by atoms with Gasteiger partial charge < -0.3 is 4.42 Å². The van der Waals surface area contributed by atoms with Crippen LogP contribution in [0.15, 0.2) is 65.6 Å². The first-order chi connectivity index (χ1) is 10.3. The SMILES string of the molecule is C=C/C=c1\c(=C)ccc2oc3ccc4ccccc4c3c12. The van der Waals surface area contributed by atoms with Gasteiger partial charge in [0.05, 0.1) is 0 Å². The predicted octanol–water partition coefficient (Wildman–Crippen LogP) is 4.12. The van der Waals surface area contributed by atoms with E-state index in [9.17, 15) is 0 Å². The van der Waals surface area contributed by atoms with Gasteiger partial charge in [-0.1, -0.05) is 61.7 Å². The van der Waals surface area contributed by atoms with Crippen LogP contribution in [-0.4, -0.2) is 0 Å². The maximum absolute atomic E-state index is 6.02. The molecule has 0 spiro atoms. The Morgan fingerprint density at radius 2 is 1.62 bits per heavy atom. The first kappa shape index (κ1) is 12.0. The molecule has 0 unspecified atom stereocenters. The van der Waals surface area contributed by atoms with Gasteiger partial charge in [0, 0.05) is 10.8 Å². The summed E-state index contributed by atoms with van der Waals surface area (Å²) in [5, 5.41) is 6.76. The molecule has 0 atom stereocenters. The molecule has 1 nitrogen and oxygen atoms in total. The molecule has 4 aromatic rings. The summed E-state index contributed by atoms with van der Waals surface area (Å²) >= 11 is 0. The van der Waals surface area contributed by atoms with Crippen molar-refractivity contribution in [1.82, 2.24) is 0 Å². The van der Waals surface area contributed by atoms with E-state index in [0.29, 0.717) is 0 Å². The molecule has 0 aliphatic carbocycles. The summed E-state index contributed by atoms with van der Waals surface area (Å²) in [5.41, 5.74) is 1.80. The molecule has 1 heteroatoms. The number of benzene rings is 3. The minimum atomic E-state index is 0.891. The molecule has 3 aromatic carbocycles. The molecular formula is C20H14O. The minimum absolute atomic E-state index is 0.891. The monoisotopic (exact) mass is 270 g/mol. The lowest BCUT2D eigenvalue weighted by Gasteiger charge is -1.99. The number of fused-ring (bicyclic) bond motifs is 5. The Morgan fingerprint density at radius 1 is 0.857 bits per heavy atom. The Kier molecular flexibility index (Phi) is 2.48. The molecule has 0 fully saturated rings. The van der Waals surface area contributed by atoms with Crippen molar-refractivity contribution >= 4 is 45.4 Å². The normalized spacial score (nSPS) is 12.5. The van der Waals surface area contributed by atoms with Crippen LogP contribution >= 0.6 is 0 Å². The highest BCUT2D eigenvalue weighted by atomic mass is 16.3. The molecule has 0 radical (unpaired) electrons. The molecular weight excluding hydrogens is 256 g/mol. The van der Waals surface area contributed by atoms with E-state index in [0.717, 1.165) is 32.4 Å². The molecule has 0 saturated heterocycles. The van der Waals surface area contributed by atoms with E-state index in [-0.39, 0.29) is 0 Å². The Labute approximate surface area is 122 Å². The number of hydrogen-bond donors (Lipinski definition) is 0. The van der Waals surface area contributed by atoms with E-state index >= 15 is 0 Å². The minimum Gasteiger partial charge on any atom is -0.456 e. The summed E-state index contributed by atoms with van der Waals surface area (Å²) < 4.78 is 6.02. The van der Waals surface area contributed by atoms with Crippen molar-refractivity contribution in [2.45, 2.75) is 0 Å². The molecule has 1 aromatic heterocycles. The summed E-state index contributed by atoms with van der Waals surface area (Å²) in [6.45, 7) is 7.95. The molecule has 1 heterocycles. The van der Waals surface area contributed by atoms with Gasteiger partial charge in [0.15, 0.2) is 0 Å². The van der Waals surface area contributed by atoms with E-state index < -0.39 is 0 Å². The van der Waals surface area contributed by atoms with Crippen LogP contribution < -0.4 is 10.4 Å². The highest BCUT2D eigenvalue weighted by Crippen LogP contribution is 2.32. The van der Waals surface area contributed by atoms with Crippen LogP contribution in [0.4, 0.5) is 0 Å². The van der Waals surface area contributed by atoms with Crippen LogP contribution in [0.25, 0.3) is 45.4 Å². The Morgan fingerprint density at radius 3 is 2.48 bits per heavy atom. The van der Waals surface area contributed by atoms with Crippen molar-refractivity contribution in [2.24, 2.45) is 0 Å². The van der Waals surface area contributed by atoms with Crippen molar-refractivity contribution in [2.75, 3.05) is 0 Å². The zero-order valence-corrected chi connectivity index (χ0v) is 11.6. The van der Waals surface area contributed by atoms with E-state index in [1.165, 1.54) is 10.8 Å². The third-order valence-corrected chi connectivity index (χ3v) is 3.94. The maximum atomic E-state index is 6.02. The Bertz CT molecular complexity index is 1110. The molecule has 0 amide bonds.